The first kappa shape index (κ1) is 14.9. The predicted molar refractivity (Wildman–Crippen MR) is 60.8 cm³/mol. The first-order chi connectivity index (χ1) is 8.34. The van der Waals surface area contributed by atoms with Gasteiger partial charge in [0.1, 0.15) is 5.75 Å². The van der Waals surface area contributed by atoms with E-state index in [0.29, 0.717) is 0 Å². The summed E-state index contributed by atoms with van der Waals surface area (Å²) in [7, 11) is 0. The average molecular weight is 329 g/mol. The van der Waals surface area contributed by atoms with Gasteiger partial charge in [0.05, 0.1) is 10.4 Å². The van der Waals surface area contributed by atoms with Crippen LogP contribution in [0.4, 0.5) is 17.6 Å². The molecule has 0 saturated carbocycles. The Hall–Kier alpha value is -1.11. The van der Waals surface area contributed by atoms with E-state index in [4.69, 9.17) is 0 Å². The van der Waals surface area contributed by atoms with Crippen molar-refractivity contribution in [3.05, 3.63) is 29.3 Å². The van der Waals surface area contributed by atoms with Gasteiger partial charge < -0.3 is 4.74 Å². The quantitative estimate of drug-likeness (QED) is 0.460. The number of hydrogen-bond acceptors (Lipinski definition) is 2. The third-order valence-corrected chi connectivity index (χ3v) is 2.53. The number of Topliss-reactive ketones (excluding diaryl/α,β-unsaturated/α-hetero) is 1. The van der Waals surface area contributed by atoms with E-state index < -0.39 is 40.5 Å². The Morgan fingerprint density at radius 2 is 1.89 bits per heavy atom. The lowest BCUT2D eigenvalue weighted by molar-refractivity contribution is -0.0503. The molecule has 0 bridgehead atoms. The van der Waals surface area contributed by atoms with Crippen molar-refractivity contribution in [2.24, 2.45) is 0 Å². The minimum atomic E-state index is -3.19. The molecule has 1 rings (SSSR count). The molecule has 1 atom stereocenters. The third-order valence-electron chi connectivity index (χ3n) is 2.12. The molecule has 0 aliphatic carbocycles. The lowest BCUT2D eigenvalue weighted by atomic mass is 10.0. The highest BCUT2D eigenvalue weighted by Gasteiger charge is 2.26. The highest BCUT2D eigenvalue weighted by atomic mass is 79.9. The summed E-state index contributed by atoms with van der Waals surface area (Å²) in [5, 5.41) is 0. The summed E-state index contributed by atoms with van der Waals surface area (Å²) in [6.45, 7) is -1.77. The smallest absolute Gasteiger partial charge is 0.387 e. The van der Waals surface area contributed by atoms with Crippen LogP contribution in [-0.4, -0.2) is 17.2 Å². The molecule has 1 aromatic rings. The summed E-state index contributed by atoms with van der Waals surface area (Å²) in [6, 6.07) is 3.20. The van der Waals surface area contributed by atoms with Gasteiger partial charge in [-0.2, -0.15) is 8.78 Å². The van der Waals surface area contributed by atoms with Crippen LogP contribution >= 0.6 is 15.9 Å². The zero-order valence-corrected chi connectivity index (χ0v) is 10.8. The van der Waals surface area contributed by atoms with E-state index in [2.05, 4.69) is 20.7 Å². The highest BCUT2D eigenvalue weighted by Crippen LogP contribution is 2.32. The van der Waals surface area contributed by atoms with Gasteiger partial charge in [0.25, 0.3) is 6.43 Å². The molecule has 0 aliphatic rings. The third kappa shape index (κ3) is 3.44. The molecule has 0 amide bonds. The molecule has 0 aliphatic heterocycles. The highest BCUT2D eigenvalue weighted by molar-refractivity contribution is 9.10. The summed E-state index contributed by atoms with van der Waals surface area (Å²) < 4.78 is 53.9. The summed E-state index contributed by atoms with van der Waals surface area (Å²) in [5.74, 6) is -1.28. The van der Waals surface area contributed by atoms with Crippen molar-refractivity contribution in [3.63, 3.8) is 0 Å². The molecule has 0 aromatic heterocycles. The monoisotopic (exact) mass is 328 g/mol. The fraction of sp³-hybridized carbons (Fsp3) is 0.364. The molecule has 0 N–H and O–H groups in total. The number of carbonyl (C=O) groups excluding carboxylic acids is 1. The number of alkyl halides is 5. The van der Waals surface area contributed by atoms with Crippen LogP contribution in [-0.2, 0) is 0 Å². The van der Waals surface area contributed by atoms with Crippen molar-refractivity contribution in [2.75, 3.05) is 0 Å². The van der Waals surface area contributed by atoms with Gasteiger partial charge in [-0.1, -0.05) is 28.1 Å². The maximum Gasteiger partial charge on any atom is 0.387 e. The molecule has 0 heterocycles. The fourth-order valence-corrected chi connectivity index (χ4v) is 1.62. The van der Waals surface area contributed by atoms with Crippen LogP contribution in [0, 0.1) is 0 Å². The van der Waals surface area contributed by atoms with Gasteiger partial charge >= 0.3 is 6.61 Å². The Morgan fingerprint density at radius 1 is 1.28 bits per heavy atom. The molecule has 2 nitrogen and oxygen atoms in total. The summed E-state index contributed by atoms with van der Waals surface area (Å²) in [6.07, 6.45) is -2.95. The normalized spacial score (nSPS) is 12.9. The topological polar surface area (TPSA) is 26.3 Å². The van der Waals surface area contributed by atoms with E-state index in [1.54, 1.807) is 0 Å². The molecular formula is C11H9BrF4O2. The van der Waals surface area contributed by atoms with E-state index in [1.807, 2.05) is 0 Å². The molecule has 0 radical (unpaired) electrons. The van der Waals surface area contributed by atoms with Crippen molar-refractivity contribution < 1.29 is 27.1 Å². The SMILES string of the molecule is CC(Br)C(=O)c1c(OC(F)F)cccc1C(F)F. The van der Waals surface area contributed by atoms with E-state index in [1.165, 1.54) is 6.92 Å². The summed E-state index contributed by atoms with van der Waals surface area (Å²) in [5.41, 5.74) is -1.14. The zero-order valence-electron chi connectivity index (χ0n) is 9.17. The number of carbonyl (C=O) groups is 1. The predicted octanol–water partition coefficient (Wildman–Crippen LogP) is 4.19. The second-order valence-electron chi connectivity index (χ2n) is 3.38. The van der Waals surface area contributed by atoms with Gasteiger partial charge in [-0.05, 0) is 13.0 Å². The first-order valence-corrected chi connectivity index (χ1v) is 5.80. The minimum Gasteiger partial charge on any atom is -0.434 e. The number of hydrogen-bond donors (Lipinski definition) is 0. The zero-order chi connectivity index (χ0) is 13.9. The van der Waals surface area contributed by atoms with Crippen molar-refractivity contribution in [1.82, 2.24) is 0 Å². The first-order valence-electron chi connectivity index (χ1n) is 4.88. The Kier molecular flexibility index (Phi) is 5.13. The van der Waals surface area contributed by atoms with Crippen LogP contribution in [0.5, 0.6) is 5.75 Å². The second kappa shape index (κ2) is 6.17. The largest absolute Gasteiger partial charge is 0.434 e. The number of rotatable bonds is 5. The average Bonchev–Trinajstić information content (AvgIpc) is 2.26. The van der Waals surface area contributed by atoms with Gasteiger partial charge in [-0.3, -0.25) is 4.79 Å². The Balaban J connectivity index is 3.34. The van der Waals surface area contributed by atoms with Crippen LogP contribution in [0.15, 0.2) is 18.2 Å². The Labute approximate surface area is 109 Å². The van der Waals surface area contributed by atoms with E-state index in [-0.39, 0.29) is 0 Å². The summed E-state index contributed by atoms with van der Waals surface area (Å²) in [4.78, 5) is 11.0. The molecule has 1 unspecified atom stereocenters. The lowest BCUT2D eigenvalue weighted by Gasteiger charge is -2.14. The maximum absolute atomic E-state index is 12.8. The van der Waals surface area contributed by atoms with Gasteiger partial charge in [0.2, 0.25) is 0 Å². The standard InChI is InChI=1S/C11H9BrF4O2/c1-5(12)9(17)8-6(10(13)14)3-2-4-7(8)18-11(15)16/h2-5,10-11H,1H3. The molecule has 18 heavy (non-hydrogen) atoms. The van der Waals surface area contributed by atoms with Gasteiger partial charge in [-0.25, -0.2) is 8.78 Å². The Morgan fingerprint density at radius 3 is 2.33 bits per heavy atom. The summed E-state index contributed by atoms with van der Waals surface area (Å²) >= 11 is 2.92. The number of ketones is 1. The molecule has 100 valence electrons. The minimum absolute atomic E-state index is 0.517. The van der Waals surface area contributed by atoms with Crippen molar-refractivity contribution in [2.45, 2.75) is 24.8 Å². The second-order valence-corrected chi connectivity index (χ2v) is 4.75. The van der Waals surface area contributed by atoms with Crippen LogP contribution in [0.2, 0.25) is 0 Å². The van der Waals surface area contributed by atoms with Gasteiger partial charge in [-0.15, -0.1) is 0 Å². The van der Waals surface area contributed by atoms with Gasteiger partial charge in [0.15, 0.2) is 5.78 Å². The number of halogens is 5. The van der Waals surface area contributed by atoms with Gasteiger partial charge in [0, 0.05) is 5.56 Å². The van der Waals surface area contributed by atoms with Crippen LogP contribution in [0.1, 0.15) is 29.3 Å². The molecule has 1 aromatic carbocycles. The van der Waals surface area contributed by atoms with E-state index in [0.717, 1.165) is 18.2 Å². The van der Waals surface area contributed by atoms with E-state index >= 15 is 0 Å². The number of benzene rings is 1. The number of ether oxygens (including phenoxy) is 1. The molecule has 0 spiro atoms. The van der Waals surface area contributed by atoms with Crippen LogP contribution < -0.4 is 4.74 Å². The Bertz CT molecular complexity index is 435. The van der Waals surface area contributed by atoms with Crippen molar-refractivity contribution in [1.29, 1.82) is 0 Å². The molecule has 0 fully saturated rings. The molecule has 7 heteroatoms. The lowest BCUT2D eigenvalue weighted by Crippen LogP contribution is -2.16. The molecular weight excluding hydrogens is 320 g/mol. The van der Waals surface area contributed by atoms with Crippen molar-refractivity contribution >= 4 is 21.7 Å². The maximum atomic E-state index is 12.8. The molecule has 0 saturated heterocycles. The van der Waals surface area contributed by atoms with Crippen LogP contribution in [0.3, 0.4) is 0 Å². The van der Waals surface area contributed by atoms with E-state index in [9.17, 15) is 22.4 Å². The fourth-order valence-electron chi connectivity index (χ4n) is 1.39. The van der Waals surface area contributed by atoms with Crippen molar-refractivity contribution in [3.8, 4) is 5.75 Å². The van der Waals surface area contributed by atoms with Crippen LogP contribution in [0.25, 0.3) is 0 Å².